The van der Waals surface area contributed by atoms with E-state index in [0.29, 0.717) is 6.54 Å². The van der Waals surface area contributed by atoms with Crippen molar-refractivity contribution >= 4 is 11.8 Å². The summed E-state index contributed by atoms with van der Waals surface area (Å²) in [6, 6.07) is 7.60. The molecule has 2 aliphatic heterocycles. The van der Waals surface area contributed by atoms with Gasteiger partial charge in [0.15, 0.2) is 0 Å². The van der Waals surface area contributed by atoms with Crippen molar-refractivity contribution in [1.82, 2.24) is 9.80 Å². The number of rotatable bonds is 3. The molecule has 0 N–H and O–H groups in total. The average molecular weight is 286 g/mol. The van der Waals surface area contributed by atoms with Crippen LogP contribution in [0.5, 0.6) is 0 Å². The highest BCUT2D eigenvalue weighted by Gasteiger charge is 2.45. The van der Waals surface area contributed by atoms with Gasteiger partial charge in [0.25, 0.3) is 0 Å². The highest BCUT2D eigenvalue weighted by molar-refractivity contribution is 5.97. The van der Waals surface area contributed by atoms with Gasteiger partial charge in [0.05, 0.1) is 0 Å². The molecular weight excluding hydrogens is 264 g/mol. The number of hydrogen-bond donors (Lipinski definition) is 0. The number of piperazine rings is 1. The van der Waals surface area contributed by atoms with Crippen LogP contribution in [0.2, 0.25) is 0 Å². The van der Waals surface area contributed by atoms with Gasteiger partial charge in [-0.2, -0.15) is 0 Å². The third-order valence-corrected chi connectivity index (χ3v) is 4.77. The molecule has 0 aromatic heterocycles. The van der Waals surface area contributed by atoms with E-state index < -0.39 is 0 Å². The summed E-state index contributed by atoms with van der Waals surface area (Å²) in [5.74, 6) is 0.219. The average Bonchev–Trinajstić information content (AvgIpc) is 2.99. The molecule has 0 aliphatic carbocycles. The maximum Gasteiger partial charge on any atom is 0.246 e. The normalized spacial score (nSPS) is 25.4. The first kappa shape index (κ1) is 14.1. The van der Waals surface area contributed by atoms with E-state index in [0.717, 1.165) is 31.4 Å². The standard InChI is InChI=1S/C17H22N2O2/c1-3-13-7-4-5-8-14(13)11-19-12(2)16(20)18-10-6-9-15(18)17(19)21/h4-5,7-8,12,15H,3,6,9-11H2,1-2H3. The molecule has 0 spiro atoms. The van der Waals surface area contributed by atoms with E-state index in [9.17, 15) is 9.59 Å². The summed E-state index contributed by atoms with van der Waals surface area (Å²) in [4.78, 5) is 28.7. The Labute approximate surface area is 125 Å². The molecule has 4 nitrogen and oxygen atoms in total. The lowest BCUT2D eigenvalue weighted by Crippen LogP contribution is -2.61. The maximum absolute atomic E-state index is 12.7. The first-order valence-electron chi connectivity index (χ1n) is 7.81. The van der Waals surface area contributed by atoms with Crippen molar-refractivity contribution in [3.8, 4) is 0 Å². The fourth-order valence-electron chi connectivity index (χ4n) is 3.50. The van der Waals surface area contributed by atoms with Crippen LogP contribution in [0.1, 0.15) is 37.8 Å². The van der Waals surface area contributed by atoms with Gasteiger partial charge in [0.2, 0.25) is 11.8 Å². The largest absolute Gasteiger partial charge is 0.329 e. The summed E-state index contributed by atoms with van der Waals surface area (Å²) in [6.45, 7) is 5.24. The number of nitrogens with zero attached hydrogens (tertiary/aromatic N) is 2. The minimum absolute atomic E-state index is 0.103. The van der Waals surface area contributed by atoms with Crippen LogP contribution in [-0.4, -0.2) is 40.2 Å². The summed E-state index contributed by atoms with van der Waals surface area (Å²) >= 11 is 0. The second-order valence-corrected chi connectivity index (χ2v) is 5.95. The molecule has 1 aromatic carbocycles. The van der Waals surface area contributed by atoms with Crippen molar-refractivity contribution in [2.75, 3.05) is 6.54 Å². The van der Waals surface area contributed by atoms with E-state index >= 15 is 0 Å². The highest BCUT2D eigenvalue weighted by Crippen LogP contribution is 2.28. The van der Waals surface area contributed by atoms with Crippen LogP contribution in [0.15, 0.2) is 24.3 Å². The first-order valence-corrected chi connectivity index (χ1v) is 7.81. The van der Waals surface area contributed by atoms with E-state index in [2.05, 4.69) is 19.1 Å². The molecule has 0 saturated carbocycles. The van der Waals surface area contributed by atoms with Gasteiger partial charge in [-0.1, -0.05) is 31.2 Å². The van der Waals surface area contributed by atoms with Crippen molar-refractivity contribution in [1.29, 1.82) is 0 Å². The Morgan fingerprint density at radius 1 is 1.14 bits per heavy atom. The van der Waals surface area contributed by atoms with Gasteiger partial charge < -0.3 is 9.80 Å². The minimum Gasteiger partial charge on any atom is -0.329 e. The molecule has 3 rings (SSSR count). The second kappa shape index (κ2) is 5.51. The number of hydrogen-bond acceptors (Lipinski definition) is 2. The zero-order valence-corrected chi connectivity index (χ0v) is 12.7. The fourth-order valence-corrected chi connectivity index (χ4v) is 3.50. The number of benzene rings is 1. The molecule has 4 heteroatoms. The number of carbonyl (C=O) groups is 2. The molecular formula is C17H22N2O2. The minimum atomic E-state index is -0.350. The monoisotopic (exact) mass is 286 g/mol. The van der Waals surface area contributed by atoms with E-state index in [4.69, 9.17) is 0 Å². The van der Waals surface area contributed by atoms with Gasteiger partial charge >= 0.3 is 0 Å². The van der Waals surface area contributed by atoms with Gasteiger partial charge in [-0.15, -0.1) is 0 Å². The number of aryl methyl sites for hydroxylation is 1. The summed E-state index contributed by atoms with van der Waals surface area (Å²) < 4.78 is 0. The van der Waals surface area contributed by atoms with Crippen LogP contribution < -0.4 is 0 Å². The number of carbonyl (C=O) groups excluding carboxylic acids is 2. The predicted octanol–water partition coefficient (Wildman–Crippen LogP) is 1.97. The Morgan fingerprint density at radius 2 is 1.86 bits per heavy atom. The van der Waals surface area contributed by atoms with Crippen LogP contribution in [0.4, 0.5) is 0 Å². The molecule has 112 valence electrons. The Bertz CT molecular complexity index is 570. The molecule has 2 unspecified atom stereocenters. The summed E-state index contributed by atoms with van der Waals surface area (Å²) in [5.41, 5.74) is 2.40. The molecule has 2 saturated heterocycles. The summed E-state index contributed by atoms with van der Waals surface area (Å²) in [6.07, 6.45) is 2.69. The predicted molar refractivity (Wildman–Crippen MR) is 80.6 cm³/mol. The number of fused-ring (bicyclic) bond motifs is 1. The quantitative estimate of drug-likeness (QED) is 0.852. The number of amides is 2. The second-order valence-electron chi connectivity index (χ2n) is 5.95. The summed E-state index contributed by atoms with van der Waals surface area (Å²) in [7, 11) is 0. The van der Waals surface area contributed by atoms with Crippen LogP contribution in [0, 0.1) is 0 Å². The topological polar surface area (TPSA) is 40.6 Å². The molecule has 0 radical (unpaired) electrons. The van der Waals surface area contributed by atoms with E-state index in [-0.39, 0.29) is 23.9 Å². The molecule has 0 bridgehead atoms. The highest BCUT2D eigenvalue weighted by atomic mass is 16.2. The van der Waals surface area contributed by atoms with Gasteiger partial charge in [0.1, 0.15) is 12.1 Å². The third-order valence-electron chi connectivity index (χ3n) is 4.77. The summed E-state index contributed by atoms with van der Waals surface area (Å²) in [5, 5.41) is 0. The van der Waals surface area contributed by atoms with Crippen molar-refractivity contribution in [2.45, 2.75) is 51.7 Å². The van der Waals surface area contributed by atoms with Crippen molar-refractivity contribution < 1.29 is 9.59 Å². The van der Waals surface area contributed by atoms with Crippen LogP contribution in [-0.2, 0) is 22.6 Å². The third kappa shape index (κ3) is 2.33. The zero-order chi connectivity index (χ0) is 15.0. The lowest BCUT2D eigenvalue weighted by Gasteiger charge is -2.41. The van der Waals surface area contributed by atoms with Gasteiger partial charge in [-0.25, -0.2) is 0 Å². The Morgan fingerprint density at radius 3 is 2.57 bits per heavy atom. The molecule has 1 aromatic rings. The molecule has 2 atom stereocenters. The van der Waals surface area contributed by atoms with E-state index in [1.807, 2.05) is 19.1 Å². The zero-order valence-electron chi connectivity index (χ0n) is 12.7. The van der Waals surface area contributed by atoms with Gasteiger partial charge in [0, 0.05) is 13.1 Å². The van der Waals surface area contributed by atoms with Crippen molar-refractivity contribution in [3.63, 3.8) is 0 Å². The van der Waals surface area contributed by atoms with E-state index in [1.54, 1.807) is 9.80 Å². The molecule has 2 fully saturated rings. The van der Waals surface area contributed by atoms with Crippen molar-refractivity contribution in [2.24, 2.45) is 0 Å². The molecule has 2 amide bonds. The van der Waals surface area contributed by atoms with Crippen LogP contribution in [0.3, 0.4) is 0 Å². The van der Waals surface area contributed by atoms with E-state index in [1.165, 1.54) is 5.56 Å². The lowest BCUT2D eigenvalue weighted by molar-refractivity contribution is -0.159. The Balaban J connectivity index is 1.87. The Kier molecular flexibility index (Phi) is 3.70. The SMILES string of the molecule is CCc1ccccc1CN1C(=O)C2CCCN2C(=O)C1C. The smallest absolute Gasteiger partial charge is 0.246 e. The van der Waals surface area contributed by atoms with Gasteiger partial charge in [-0.05, 0) is 37.3 Å². The van der Waals surface area contributed by atoms with Gasteiger partial charge in [-0.3, -0.25) is 9.59 Å². The molecule has 21 heavy (non-hydrogen) atoms. The van der Waals surface area contributed by atoms with Crippen molar-refractivity contribution in [3.05, 3.63) is 35.4 Å². The van der Waals surface area contributed by atoms with Crippen LogP contribution in [0.25, 0.3) is 0 Å². The lowest BCUT2D eigenvalue weighted by atomic mass is 10.0. The van der Waals surface area contributed by atoms with Crippen LogP contribution >= 0.6 is 0 Å². The Hall–Kier alpha value is -1.84. The molecule has 2 aliphatic rings. The maximum atomic E-state index is 12.7. The molecule has 2 heterocycles. The first-order chi connectivity index (χ1) is 10.1. The fraction of sp³-hybridized carbons (Fsp3) is 0.529.